The van der Waals surface area contributed by atoms with Crippen LogP contribution >= 0.6 is 27.7 Å². The number of hydrogen-bond donors (Lipinski definition) is 0. The number of fused-ring (bicyclic) bond motifs is 2. The van der Waals surface area contributed by atoms with Crippen LogP contribution in [0.1, 0.15) is 26.3 Å². The molecule has 1 aliphatic heterocycles. The first-order chi connectivity index (χ1) is 7.90. The Morgan fingerprint density at radius 1 is 1.15 bits per heavy atom. The summed E-state index contributed by atoms with van der Waals surface area (Å²) in [6.07, 6.45) is 4.55. The molecule has 0 saturated carbocycles. The van der Waals surface area contributed by atoms with Crippen molar-refractivity contribution in [2.75, 3.05) is 0 Å². The van der Waals surface area contributed by atoms with E-state index in [4.69, 9.17) is 0 Å². The molecule has 0 spiro atoms. The molecule has 0 N–H and O–H groups in total. The molecule has 0 fully saturated rings. The van der Waals surface area contributed by atoms with Crippen LogP contribution < -0.4 is 47.7 Å². The summed E-state index contributed by atoms with van der Waals surface area (Å²) in [6.45, 7) is 6.78. The van der Waals surface area contributed by atoms with Gasteiger partial charge in [-0.2, -0.15) is 0 Å². The van der Waals surface area contributed by atoms with E-state index in [1.165, 1.54) is 36.5 Å². The molecule has 0 aromatic heterocycles. The summed E-state index contributed by atoms with van der Waals surface area (Å²) in [5, 5.41) is 2.80. The van der Waals surface area contributed by atoms with Crippen LogP contribution in [0.25, 0.3) is 17.7 Å². The van der Waals surface area contributed by atoms with Crippen molar-refractivity contribution < 1.29 is 61.9 Å². The summed E-state index contributed by atoms with van der Waals surface area (Å²) < 4.78 is 1.60. The molecule has 0 radical (unpaired) electrons. The average Bonchev–Trinajstić information content (AvgIpc) is 2.67. The maximum Gasteiger partial charge on any atom is -1.00 e. The molecule has 6 heteroatoms. The van der Waals surface area contributed by atoms with E-state index in [2.05, 4.69) is 54.9 Å². The molecular weight excluding hydrogens is 478 g/mol. The van der Waals surface area contributed by atoms with Gasteiger partial charge < -0.3 is 37.2 Å². The second kappa shape index (κ2) is 7.24. The molecule has 0 saturated heterocycles. The van der Waals surface area contributed by atoms with Gasteiger partial charge in [0.25, 0.3) is 0 Å². The Labute approximate surface area is 166 Å². The molecule has 1 aromatic rings. The number of benzene rings is 1. The van der Waals surface area contributed by atoms with Gasteiger partial charge in [-0.15, -0.1) is 0 Å². The van der Waals surface area contributed by atoms with Gasteiger partial charge in [0.2, 0.25) is 0 Å². The third-order valence-corrected chi connectivity index (χ3v) is 7.21. The van der Waals surface area contributed by atoms with Gasteiger partial charge in [0.15, 0.2) is 0 Å². The Morgan fingerprint density at radius 3 is 2.35 bits per heavy atom. The largest absolute Gasteiger partial charge is 1.00 e. The van der Waals surface area contributed by atoms with Gasteiger partial charge in [0, 0.05) is 0 Å². The van der Waals surface area contributed by atoms with Crippen molar-refractivity contribution in [3.8, 4) is 0 Å². The molecule has 1 unspecified atom stereocenters. The molecule has 0 amide bonds. The van der Waals surface area contributed by atoms with Crippen molar-refractivity contribution in [2.45, 2.75) is 28.1 Å². The second-order valence-electron chi connectivity index (χ2n) is 4.86. The van der Waals surface area contributed by atoms with E-state index in [9.17, 15) is 0 Å². The first-order valence-electron chi connectivity index (χ1n) is 5.58. The third-order valence-electron chi connectivity index (χ3n) is 3.46. The Hall–Kier alpha value is 1.28. The van der Waals surface area contributed by atoms with Crippen molar-refractivity contribution in [3.05, 3.63) is 32.1 Å². The molecule has 1 atom stereocenters. The zero-order valence-electron chi connectivity index (χ0n) is 11.2. The third kappa shape index (κ3) is 3.29. The quantitative estimate of drug-likeness (QED) is 0.350. The molecule has 1 heterocycles. The normalized spacial score (nSPS) is 21.7. The van der Waals surface area contributed by atoms with E-state index >= 15 is 0 Å². The van der Waals surface area contributed by atoms with E-state index in [1.807, 2.05) is 11.8 Å². The minimum atomic E-state index is 0. The van der Waals surface area contributed by atoms with Gasteiger partial charge in [-0.3, -0.25) is 0 Å². The Bertz CT molecular complexity index is 695. The average molecular weight is 490 g/mol. The number of allylic oxidation sites excluding steroid dienone is 1. The number of rotatable bonds is 0. The van der Waals surface area contributed by atoms with Crippen LogP contribution in [0.15, 0.2) is 21.0 Å². The van der Waals surface area contributed by atoms with Crippen LogP contribution in [0.5, 0.6) is 0 Å². The SMILES string of the molecule is CC1=Cc2c(Br)c3c(cc2=C1)S[C](C)([Zr+3])C=3C.[Cl-].[Cl-].[Cl-]. The zero-order chi connectivity index (χ0) is 12.4. The number of halogens is 4. The fourth-order valence-corrected chi connectivity index (χ4v) is 5.75. The summed E-state index contributed by atoms with van der Waals surface area (Å²) in [5.41, 5.74) is 4.22. The topological polar surface area (TPSA) is 0 Å². The van der Waals surface area contributed by atoms with Crippen LogP contribution in [0.3, 0.4) is 0 Å². The minimum Gasteiger partial charge on any atom is -1.00 e. The van der Waals surface area contributed by atoms with E-state index in [1.54, 1.807) is 24.7 Å². The smallest absolute Gasteiger partial charge is 1.00 e. The summed E-state index contributed by atoms with van der Waals surface area (Å²) >= 11 is 7.41. The molecule has 1 aliphatic carbocycles. The van der Waals surface area contributed by atoms with Crippen molar-refractivity contribution in [1.29, 1.82) is 0 Å². The van der Waals surface area contributed by atoms with Gasteiger partial charge in [-0.1, -0.05) is 0 Å². The number of thioether (sulfide) groups is 1. The first kappa shape index (κ1) is 21.3. The summed E-state index contributed by atoms with van der Waals surface area (Å²) in [6, 6.07) is 2.35. The van der Waals surface area contributed by atoms with Crippen molar-refractivity contribution in [3.63, 3.8) is 0 Å². The predicted molar refractivity (Wildman–Crippen MR) is 74.9 cm³/mol. The van der Waals surface area contributed by atoms with Crippen LogP contribution in [-0.4, -0.2) is 2.45 Å². The molecule has 1 aromatic carbocycles. The van der Waals surface area contributed by atoms with Gasteiger partial charge >= 0.3 is 130 Å². The molecule has 106 valence electrons. The van der Waals surface area contributed by atoms with E-state index in [0.717, 1.165) is 0 Å². The maximum absolute atomic E-state index is 3.81. The van der Waals surface area contributed by atoms with Gasteiger partial charge in [0.05, 0.1) is 0 Å². The van der Waals surface area contributed by atoms with E-state index in [-0.39, 0.29) is 37.2 Å². The monoisotopic (exact) mass is 486 g/mol. The van der Waals surface area contributed by atoms with Crippen LogP contribution in [0.4, 0.5) is 0 Å². The second-order valence-corrected chi connectivity index (χ2v) is 10.5. The number of hydrogen-bond acceptors (Lipinski definition) is 1. The fourth-order valence-electron chi connectivity index (χ4n) is 2.41. The van der Waals surface area contributed by atoms with Crippen LogP contribution in [0, 0.1) is 0 Å². The minimum absolute atomic E-state index is 0. The molecule has 0 bridgehead atoms. The Morgan fingerprint density at radius 2 is 1.75 bits per heavy atom. The fraction of sp³-hybridized carbons (Fsp3) is 0.286. The van der Waals surface area contributed by atoms with Crippen molar-refractivity contribution >= 4 is 45.4 Å². The summed E-state index contributed by atoms with van der Waals surface area (Å²) in [5.74, 6) is 0. The van der Waals surface area contributed by atoms with E-state index < -0.39 is 0 Å². The van der Waals surface area contributed by atoms with E-state index in [0.29, 0.717) is 2.45 Å². The van der Waals surface area contributed by atoms with Crippen LogP contribution in [-0.2, 0) is 24.7 Å². The molecular formula is C14H12BrCl3SZr. The summed E-state index contributed by atoms with van der Waals surface area (Å²) in [7, 11) is 0. The van der Waals surface area contributed by atoms with Crippen molar-refractivity contribution in [1.82, 2.24) is 0 Å². The van der Waals surface area contributed by atoms with Gasteiger partial charge in [-0.25, -0.2) is 0 Å². The Balaban J connectivity index is 0.00000120. The summed E-state index contributed by atoms with van der Waals surface area (Å²) in [4.78, 5) is 1.44. The first-order valence-corrected chi connectivity index (χ1v) is 8.42. The van der Waals surface area contributed by atoms with Gasteiger partial charge in [0.1, 0.15) is 0 Å². The maximum atomic E-state index is 3.81. The molecule has 0 nitrogen and oxygen atoms in total. The zero-order valence-corrected chi connectivity index (χ0v) is 18.3. The molecule has 2 aliphatic rings. The standard InChI is InChI=1S/C14H12BrS.3ClH.Zr/c1-7-4-10-6-12-13(8(2)9(3)16-12)14(15)11(10)5-7;;;;/h4-6H,1-3H3;3*1H;/q;;;;+3/p-3. The predicted octanol–water partition coefficient (Wildman–Crippen LogP) is -5.80. The molecule has 3 rings (SSSR count). The Kier molecular flexibility index (Phi) is 7.70. The van der Waals surface area contributed by atoms with Gasteiger partial charge in [-0.05, 0) is 0 Å². The molecule has 20 heavy (non-hydrogen) atoms. The van der Waals surface area contributed by atoms with Crippen LogP contribution in [0.2, 0.25) is 0 Å². The van der Waals surface area contributed by atoms with Crippen molar-refractivity contribution in [2.24, 2.45) is 0 Å².